The van der Waals surface area contributed by atoms with E-state index in [1.54, 1.807) is 6.33 Å². The van der Waals surface area contributed by atoms with Crippen molar-refractivity contribution in [2.45, 2.75) is 24.3 Å². The highest BCUT2D eigenvalue weighted by Crippen LogP contribution is 2.23. The highest BCUT2D eigenvalue weighted by Gasteiger charge is 2.14. The van der Waals surface area contributed by atoms with E-state index in [4.69, 9.17) is 0 Å². The Bertz CT molecular complexity index is 595. The zero-order valence-electron chi connectivity index (χ0n) is 11.7. The lowest BCUT2D eigenvalue weighted by molar-refractivity contribution is 0.102. The largest absolute Gasteiger partial charge is 0.356 e. The first-order valence-corrected chi connectivity index (χ1v) is 8.96. The van der Waals surface area contributed by atoms with Crippen LogP contribution >= 0.6 is 23.1 Å². The number of nitrogens with zero attached hydrogens (tertiary/aromatic N) is 3. The van der Waals surface area contributed by atoms with Crippen LogP contribution in [-0.4, -0.2) is 34.6 Å². The number of anilines is 1. The minimum atomic E-state index is 0.160. The van der Waals surface area contributed by atoms with Crippen molar-refractivity contribution in [3.8, 4) is 0 Å². The quantitative estimate of drug-likeness (QED) is 0.479. The van der Waals surface area contributed by atoms with Gasteiger partial charge in [-0.1, -0.05) is 17.8 Å². The molecule has 1 saturated heterocycles. The van der Waals surface area contributed by atoms with Gasteiger partial charge in [0, 0.05) is 19.2 Å². The van der Waals surface area contributed by atoms with Crippen LogP contribution in [0.4, 0.5) is 5.82 Å². The van der Waals surface area contributed by atoms with Gasteiger partial charge in [-0.15, -0.1) is 11.3 Å². The smallest absolute Gasteiger partial charge is 0.183 e. The summed E-state index contributed by atoms with van der Waals surface area (Å²) in [6.45, 7) is 2.13. The summed E-state index contributed by atoms with van der Waals surface area (Å²) < 4.78 is 0. The summed E-state index contributed by atoms with van der Waals surface area (Å²) in [6, 6.07) is 5.77. The lowest BCUT2D eigenvalue weighted by Crippen LogP contribution is -2.30. The van der Waals surface area contributed by atoms with Crippen LogP contribution in [0.3, 0.4) is 0 Å². The standard InChI is InChI=1S/C15H17N3OS2/c19-12(13-5-4-8-20-13)10-21-15-9-14(16-11-17-15)18-6-2-1-3-7-18/h4-5,8-9,11H,1-3,6-7,10H2. The van der Waals surface area contributed by atoms with E-state index in [1.165, 1.54) is 42.4 Å². The summed E-state index contributed by atoms with van der Waals surface area (Å²) >= 11 is 2.97. The fraction of sp³-hybridized carbons (Fsp3) is 0.400. The third kappa shape index (κ3) is 3.83. The van der Waals surface area contributed by atoms with Crippen molar-refractivity contribution in [3.63, 3.8) is 0 Å². The Morgan fingerprint density at radius 2 is 2.14 bits per heavy atom. The van der Waals surface area contributed by atoms with Crippen LogP contribution in [0.5, 0.6) is 0 Å². The van der Waals surface area contributed by atoms with Gasteiger partial charge in [0.05, 0.1) is 10.6 Å². The van der Waals surface area contributed by atoms with Crippen LogP contribution in [0.1, 0.15) is 28.9 Å². The molecule has 0 N–H and O–H groups in total. The molecule has 0 aromatic carbocycles. The second-order valence-corrected chi connectivity index (χ2v) is 6.89. The SMILES string of the molecule is O=C(CSc1cc(N2CCCCC2)ncn1)c1cccs1. The molecule has 1 fully saturated rings. The fourth-order valence-corrected chi connectivity index (χ4v) is 3.85. The Kier molecular flexibility index (Phi) is 4.87. The Balaban J connectivity index is 1.62. The molecule has 0 radical (unpaired) electrons. The van der Waals surface area contributed by atoms with Gasteiger partial charge in [0.15, 0.2) is 5.78 Å². The summed E-state index contributed by atoms with van der Waals surface area (Å²) in [5, 5.41) is 2.80. The van der Waals surface area contributed by atoms with Crippen molar-refractivity contribution in [3.05, 3.63) is 34.8 Å². The number of thiophene rings is 1. The van der Waals surface area contributed by atoms with Gasteiger partial charge in [-0.25, -0.2) is 9.97 Å². The molecule has 0 aliphatic carbocycles. The van der Waals surface area contributed by atoms with Gasteiger partial charge in [0.25, 0.3) is 0 Å². The fourth-order valence-electron chi connectivity index (χ4n) is 2.35. The van der Waals surface area contributed by atoms with Crippen LogP contribution in [0.2, 0.25) is 0 Å². The number of hydrogen-bond donors (Lipinski definition) is 0. The van der Waals surface area contributed by atoms with Crippen molar-refractivity contribution in [2.75, 3.05) is 23.7 Å². The number of carbonyl (C=O) groups excluding carboxylic acids is 1. The normalized spacial score (nSPS) is 15.1. The van der Waals surface area contributed by atoms with Crippen LogP contribution in [-0.2, 0) is 0 Å². The zero-order valence-corrected chi connectivity index (χ0v) is 13.3. The minimum Gasteiger partial charge on any atom is -0.356 e. The molecule has 0 saturated carbocycles. The van der Waals surface area contributed by atoms with Crippen molar-refractivity contribution in [2.24, 2.45) is 0 Å². The first-order chi connectivity index (χ1) is 10.3. The zero-order chi connectivity index (χ0) is 14.5. The van der Waals surface area contributed by atoms with E-state index in [9.17, 15) is 4.79 Å². The summed E-state index contributed by atoms with van der Waals surface area (Å²) in [4.78, 5) is 23.7. The molecular formula is C15H17N3OS2. The highest BCUT2D eigenvalue weighted by molar-refractivity contribution is 8.00. The number of rotatable bonds is 5. The summed E-state index contributed by atoms with van der Waals surface area (Å²) in [5.74, 6) is 1.57. The molecule has 3 heterocycles. The van der Waals surface area contributed by atoms with E-state index >= 15 is 0 Å². The number of piperidine rings is 1. The predicted octanol–water partition coefficient (Wildman–Crippen LogP) is 3.50. The highest BCUT2D eigenvalue weighted by atomic mass is 32.2. The molecule has 4 nitrogen and oxygen atoms in total. The molecule has 2 aromatic heterocycles. The predicted molar refractivity (Wildman–Crippen MR) is 87.5 cm³/mol. The summed E-state index contributed by atoms with van der Waals surface area (Å²) in [5.41, 5.74) is 0. The number of Topliss-reactive ketones (excluding diaryl/α,β-unsaturated/α-hetero) is 1. The van der Waals surface area contributed by atoms with Crippen molar-refractivity contribution >= 4 is 34.7 Å². The lowest BCUT2D eigenvalue weighted by atomic mass is 10.1. The Morgan fingerprint density at radius 1 is 1.29 bits per heavy atom. The maximum Gasteiger partial charge on any atom is 0.183 e. The van der Waals surface area contributed by atoms with Crippen LogP contribution in [0.15, 0.2) is 34.9 Å². The van der Waals surface area contributed by atoms with Gasteiger partial charge in [0.2, 0.25) is 0 Å². The number of hydrogen-bond acceptors (Lipinski definition) is 6. The van der Waals surface area contributed by atoms with E-state index < -0.39 is 0 Å². The number of aromatic nitrogens is 2. The Morgan fingerprint density at radius 3 is 2.90 bits per heavy atom. The first-order valence-electron chi connectivity index (χ1n) is 7.09. The third-order valence-corrected chi connectivity index (χ3v) is 5.29. The maximum atomic E-state index is 12.0. The minimum absolute atomic E-state index is 0.160. The van der Waals surface area contributed by atoms with Crippen molar-refractivity contribution in [1.29, 1.82) is 0 Å². The molecule has 0 atom stereocenters. The van der Waals surface area contributed by atoms with E-state index in [-0.39, 0.29) is 5.78 Å². The topological polar surface area (TPSA) is 46.1 Å². The molecule has 1 aliphatic rings. The van der Waals surface area contributed by atoms with Crippen molar-refractivity contribution < 1.29 is 4.79 Å². The Hall–Kier alpha value is -1.40. The van der Waals surface area contributed by atoms with E-state index in [0.717, 1.165) is 28.8 Å². The van der Waals surface area contributed by atoms with E-state index in [1.807, 2.05) is 23.6 Å². The van der Waals surface area contributed by atoms with Gasteiger partial charge >= 0.3 is 0 Å². The second-order valence-electron chi connectivity index (χ2n) is 4.95. The molecule has 0 spiro atoms. The lowest BCUT2D eigenvalue weighted by Gasteiger charge is -2.27. The molecule has 0 unspecified atom stereocenters. The van der Waals surface area contributed by atoms with Crippen LogP contribution < -0.4 is 4.90 Å². The second kappa shape index (κ2) is 7.04. The molecule has 1 aliphatic heterocycles. The molecule has 0 bridgehead atoms. The van der Waals surface area contributed by atoms with Gasteiger partial charge in [-0.2, -0.15) is 0 Å². The molecule has 21 heavy (non-hydrogen) atoms. The molecule has 110 valence electrons. The Labute approximate surface area is 132 Å². The first kappa shape index (κ1) is 14.5. The van der Waals surface area contributed by atoms with E-state index in [2.05, 4.69) is 14.9 Å². The van der Waals surface area contributed by atoms with Crippen molar-refractivity contribution in [1.82, 2.24) is 9.97 Å². The number of carbonyl (C=O) groups is 1. The van der Waals surface area contributed by atoms with E-state index in [0.29, 0.717) is 5.75 Å². The molecule has 3 rings (SSSR count). The monoisotopic (exact) mass is 319 g/mol. The van der Waals surface area contributed by atoms with Gasteiger partial charge in [-0.3, -0.25) is 4.79 Å². The third-order valence-electron chi connectivity index (χ3n) is 3.45. The van der Waals surface area contributed by atoms with Gasteiger partial charge in [0.1, 0.15) is 17.2 Å². The van der Waals surface area contributed by atoms with Gasteiger partial charge in [-0.05, 0) is 30.7 Å². The molecule has 0 amide bonds. The van der Waals surface area contributed by atoms with Crippen LogP contribution in [0, 0.1) is 0 Å². The van der Waals surface area contributed by atoms with Gasteiger partial charge < -0.3 is 4.90 Å². The average Bonchev–Trinajstić information content (AvgIpc) is 3.08. The average molecular weight is 319 g/mol. The number of ketones is 1. The maximum absolute atomic E-state index is 12.0. The summed E-state index contributed by atoms with van der Waals surface area (Å²) in [7, 11) is 0. The molecule has 2 aromatic rings. The molecular weight excluding hydrogens is 302 g/mol. The van der Waals surface area contributed by atoms with Crippen LogP contribution in [0.25, 0.3) is 0 Å². The number of thioether (sulfide) groups is 1. The summed E-state index contributed by atoms with van der Waals surface area (Å²) in [6.07, 6.45) is 5.35. The molecule has 6 heteroatoms.